The fourth-order valence-corrected chi connectivity index (χ4v) is 8.81. The van der Waals surface area contributed by atoms with Gasteiger partial charge in [0, 0.05) is 18.3 Å². The lowest BCUT2D eigenvalue weighted by molar-refractivity contribution is -0.173. The summed E-state index contributed by atoms with van der Waals surface area (Å²) in [4.78, 5) is 24.2. The first-order valence-electron chi connectivity index (χ1n) is 11.3. The van der Waals surface area contributed by atoms with E-state index in [0.717, 1.165) is 38.0 Å². The Labute approximate surface area is 163 Å². The molecule has 1 saturated heterocycles. The average Bonchev–Trinajstić information content (AvgIpc) is 3.18. The van der Waals surface area contributed by atoms with E-state index >= 15 is 0 Å². The quantitative estimate of drug-likeness (QED) is 0.594. The van der Waals surface area contributed by atoms with Gasteiger partial charge in [0.1, 0.15) is 5.60 Å². The number of hydrogen-bond donors (Lipinski definition) is 0. The molecule has 27 heavy (non-hydrogen) atoms. The van der Waals surface area contributed by atoms with Gasteiger partial charge in [-0.25, -0.2) is 0 Å². The lowest BCUT2D eigenvalue weighted by Crippen LogP contribution is -2.56. The third-order valence-corrected chi connectivity index (χ3v) is 9.93. The van der Waals surface area contributed by atoms with Gasteiger partial charge in [-0.05, 0) is 86.5 Å². The molecule has 5 rings (SSSR count). The molecular formula is C24H34O3. The predicted molar refractivity (Wildman–Crippen MR) is 104 cm³/mol. The van der Waals surface area contributed by atoms with E-state index in [1.165, 1.54) is 31.3 Å². The zero-order valence-electron chi connectivity index (χ0n) is 17.2. The van der Waals surface area contributed by atoms with Crippen molar-refractivity contribution in [2.24, 2.45) is 34.5 Å². The van der Waals surface area contributed by atoms with Crippen molar-refractivity contribution in [2.75, 3.05) is 0 Å². The van der Waals surface area contributed by atoms with Crippen LogP contribution in [0, 0.1) is 34.5 Å². The van der Waals surface area contributed by atoms with Crippen molar-refractivity contribution in [1.29, 1.82) is 0 Å². The Morgan fingerprint density at radius 2 is 1.85 bits per heavy atom. The number of allylic oxidation sites excluding steroid dienone is 1. The number of fused-ring (bicyclic) bond motifs is 6. The highest BCUT2D eigenvalue weighted by Gasteiger charge is 2.68. The fraction of sp³-hybridized carbons (Fsp3) is 0.833. The Morgan fingerprint density at radius 1 is 1.07 bits per heavy atom. The van der Waals surface area contributed by atoms with Gasteiger partial charge in [0.2, 0.25) is 0 Å². The maximum absolute atomic E-state index is 12.1. The molecule has 3 saturated carbocycles. The Bertz CT molecular complexity index is 723. The molecule has 0 N–H and O–H groups in total. The minimum absolute atomic E-state index is 0.0329. The first-order valence-corrected chi connectivity index (χ1v) is 11.3. The highest BCUT2D eigenvalue weighted by atomic mass is 16.6. The van der Waals surface area contributed by atoms with Crippen molar-refractivity contribution in [1.82, 2.24) is 0 Å². The second-order valence-electron chi connectivity index (χ2n) is 10.6. The van der Waals surface area contributed by atoms with Gasteiger partial charge in [0.25, 0.3) is 0 Å². The van der Waals surface area contributed by atoms with E-state index in [1.54, 1.807) is 0 Å². The van der Waals surface area contributed by atoms with Crippen LogP contribution in [-0.4, -0.2) is 17.4 Å². The van der Waals surface area contributed by atoms with E-state index < -0.39 is 0 Å². The van der Waals surface area contributed by atoms with Crippen LogP contribution in [0.1, 0.15) is 85.0 Å². The van der Waals surface area contributed by atoms with Crippen molar-refractivity contribution in [2.45, 2.75) is 90.6 Å². The van der Waals surface area contributed by atoms with Crippen LogP contribution in [0.25, 0.3) is 0 Å². The summed E-state index contributed by atoms with van der Waals surface area (Å²) >= 11 is 0. The summed E-state index contributed by atoms with van der Waals surface area (Å²) in [5.74, 6) is 2.99. The van der Waals surface area contributed by atoms with Crippen LogP contribution in [0.2, 0.25) is 0 Å². The number of ketones is 1. The summed E-state index contributed by atoms with van der Waals surface area (Å²) in [6.45, 7) is 7.14. The molecule has 1 unspecified atom stereocenters. The van der Waals surface area contributed by atoms with Crippen LogP contribution in [0.15, 0.2) is 11.6 Å². The molecule has 148 valence electrons. The molecule has 0 bridgehead atoms. The van der Waals surface area contributed by atoms with E-state index in [9.17, 15) is 9.59 Å². The lowest BCUT2D eigenvalue weighted by atomic mass is 9.44. The van der Waals surface area contributed by atoms with Crippen molar-refractivity contribution >= 4 is 11.8 Å². The molecule has 3 heteroatoms. The molecular weight excluding hydrogens is 336 g/mol. The molecule has 1 heterocycles. The minimum atomic E-state index is -0.169. The summed E-state index contributed by atoms with van der Waals surface area (Å²) in [5.41, 5.74) is 1.68. The summed E-state index contributed by atoms with van der Waals surface area (Å²) in [6, 6.07) is 0. The molecule has 0 aromatic rings. The fourth-order valence-electron chi connectivity index (χ4n) is 8.81. The number of rotatable bonds is 1. The standard InChI is InChI=1S/C24H34O3/c1-4-23-10-6-18-17(19(23)7-11-24(23)12-8-21(26)27-24)13-15(2)20-14-16(25)5-9-22(18,20)3/h14-15,17-19H,4-13H2,1-3H3/t15-,17?,18-,19-,22+,23-,24+/m0/s1. The topological polar surface area (TPSA) is 43.4 Å². The van der Waals surface area contributed by atoms with Crippen LogP contribution in [0.5, 0.6) is 0 Å². The first kappa shape index (κ1) is 17.9. The zero-order chi connectivity index (χ0) is 19.0. The Morgan fingerprint density at radius 3 is 2.56 bits per heavy atom. The smallest absolute Gasteiger partial charge is 0.306 e. The molecule has 1 aliphatic heterocycles. The summed E-state index contributed by atoms with van der Waals surface area (Å²) in [6.07, 6.45) is 12.4. The van der Waals surface area contributed by atoms with Crippen LogP contribution in [0.4, 0.5) is 0 Å². The highest BCUT2D eigenvalue weighted by molar-refractivity contribution is 5.91. The number of hydrogen-bond acceptors (Lipinski definition) is 3. The SMILES string of the molecule is CC[C@]12CC[C@H]3C(C[C@H](C)C4=CC(=O)CC[C@@]43C)[C@@H]1CC[C@@]21CCC(=O)O1. The Hall–Kier alpha value is -1.12. The van der Waals surface area contributed by atoms with Gasteiger partial charge in [-0.15, -0.1) is 0 Å². The number of ether oxygens (including phenoxy) is 1. The van der Waals surface area contributed by atoms with Gasteiger partial charge in [-0.1, -0.05) is 26.3 Å². The third-order valence-electron chi connectivity index (χ3n) is 9.93. The number of carbonyl (C=O) groups excluding carboxylic acids is 2. The average molecular weight is 371 g/mol. The third kappa shape index (κ3) is 2.15. The Balaban J connectivity index is 1.54. The van der Waals surface area contributed by atoms with Gasteiger partial charge in [-0.3, -0.25) is 9.59 Å². The molecule has 3 nitrogen and oxygen atoms in total. The number of carbonyl (C=O) groups is 2. The second kappa shape index (κ2) is 5.70. The van der Waals surface area contributed by atoms with Gasteiger partial charge in [0.05, 0.1) is 0 Å². The van der Waals surface area contributed by atoms with E-state index in [2.05, 4.69) is 20.8 Å². The van der Waals surface area contributed by atoms with E-state index in [4.69, 9.17) is 4.74 Å². The highest BCUT2D eigenvalue weighted by Crippen LogP contribution is 2.71. The van der Waals surface area contributed by atoms with Crippen molar-refractivity contribution in [3.8, 4) is 0 Å². The summed E-state index contributed by atoms with van der Waals surface area (Å²) in [7, 11) is 0. The normalized spacial score (nSPS) is 51.4. The molecule has 0 radical (unpaired) electrons. The van der Waals surface area contributed by atoms with Gasteiger partial charge >= 0.3 is 5.97 Å². The molecule has 0 aromatic carbocycles. The van der Waals surface area contributed by atoms with Crippen LogP contribution >= 0.6 is 0 Å². The van der Waals surface area contributed by atoms with Crippen molar-refractivity contribution < 1.29 is 14.3 Å². The maximum Gasteiger partial charge on any atom is 0.306 e. The van der Waals surface area contributed by atoms with Gasteiger partial charge < -0.3 is 4.74 Å². The zero-order valence-corrected chi connectivity index (χ0v) is 17.2. The lowest BCUT2D eigenvalue weighted by Gasteiger charge is -2.61. The van der Waals surface area contributed by atoms with Crippen LogP contribution < -0.4 is 0 Å². The summed E-state index contributed by atoms with van der Waals surface area (Å²) in [5, 5.41) is 0. The predicted octanol–water partition coefficient (Wildman–Crippen LogP) is 5.23. The van der Waals surface area contributed by atoms with E-state index in [0.29, 0.717) is 30.0 Å². The van der Waals surface area contributed by atoms with Gasteiger partial charge in [0.15, 0.2) is 5.78 Å². The van der Waals surface area contributed by atoms with Crippen molar-refractivity contribution in [3.63, 3.8) is 0 Å². The molecule has 4 aliphatic carbocycles. The van der Waals surface area contributed by atoms with Gasteiger partial charge in [-0.2, -0.15) is 0 Å². The van der Waals surface area contributed by atoms with E-state index in [-0.39, 0.29) is 22.4 Å². The molecule has 4 fully saturated rings. The molecule has 0 aromatic heterocycles. The van der Waals surface area contributed by atoms with Crippen LogP contribution in [-0.2, 0) is 14.3 Å². The monoisotopic (exact) mass is 370 g/mol. The van der Waals surface area contributed by atoms with Crippen LogP contribution in [0.3, 0.4) is 0 Å². The molecule has 5 aliphatic rings. The molecule has 7 atom stereocenters. The summed E-state index contributed by atoms with van der Waals surface area (Å²) < 4.78 is 6.13. The largest absolute Gasteiger partial charge is 0.458 e. The van der Waals surface area contributed by atoms with Crippen molar-refractivity contribution in [3.05, 3.63) is 11.6 Å². The number of esters is 1. The second-order valence-corrected chi connectivity index (χ2v) is 10.6. The molecule has 0 amide bonds. The molecule has 1 spiro atoms. The maximum atomic E-state index is 12.1. The Kier molecular flexibility index (Phi) is 3.79. The van der Waals surface area contributed by atoms with E-state index in [1.807, 2.05) is 6.08 Å². The minimum Gasteiger partial charge on any atom is -0.458 e. The first-order chi connectivity index (χ1) is 12.9.